The number of amides is 7. The molecule has 0 radical (unpaired) electrons. The highest BCUT2D eigenvalue weighted by Gasteiger charge is 2.41. The Bertz CT molecular complexity index is 1570. The summed E-state index contributed by atoms with van der Waals surface area (Å²) in [7, 11) is 0. The quantitative estimate of drug-likeness (QED) is 0.0507. The number of nitrogens with zero attached hydrogens (tertiary/aromatic N) is 2. The second kappa shape index (κ2) is 22.0. The molecule has 2 rings (SSSR count). The molecule has 1 aromatic heterocycles. The Morgan fingerprint density at radius 3 is 1.93 bits per heavy atom. The number of aliphatic hydroxyl groups excluding tert-OH is 1. The average Bonchev–Trinajstić information content (AvgIpc) is 3.85. The van der Waals surface area contributed by atoms with E-state index in [4.69, 9.17) is 11.5 Å². The van der Waals surface area contributed by atoms with Crippen LogP contribution in [0.15, 0.2) is 12.5 Å². The molecule has 2 heterocycles. The van der Waals surface area contributed by atoms with Crippen LogP contribution in [0.2, 0.25) is 0 Å². The number of imidazole rings is 1. The number of carboxylic acid groups (broad SMARTS) is 2. The predicted molar refractivity (Wildman–Crippen MR) is 194 cm³/mol. The van der Waals surface area contributed by atoms with Crippen molar-refractivity contribution in [2.24, 2.45) is 23.3 Å². The molecule has 312 valence electrons. The monoisotopic (exact) mass is 794 g/mol. The van der Waals surface area contributed by atoms with Gasteiger partial charge in [0.15, 0.2) is 0 Å². The van der Waals surface area contributed by atoms with Gasteiger partial charge in [0.05, 0.1) is 31.8 Å². The maximum atomic E-state index is 14.0. The minimum Gasteiger partial charge on any atom is -0.481 e. The Morgan fingerprint density at radius 2 is 1.39 bits per heavy atom. The van der Waals surface area contributed by atoms with Gasteiger partial charge in [0.25, 0.3) is 0 Å². The van der Waals surface area contributed by atoms with Crippen molar-refractivity contribution in [3.05, 3.63) is 18.2 Å². The molecule has 9 atom stereocenters. The number of rotatable bonds is 23. The van der Waals surface area contributed by atoms with Crippen LogP contribution < -0.4 is 38.1 Å². The van der Waals surface area contributed by atoms with Gasteiger partial charge in [-0.05, 0) is 24.7 Å². The summed E-state index contributed by atoms with van der Waals surface area (Å²) in [5.41, 5.74) is 11.8. The maximum absolute atomic E-state index is 14.0. The third kappa shape index (κ3) is 13.6. The second-order valence-corrected chi connectivity index (χ2v) is 13.8. The fourth-order valence-electron chi connectivity index (χ4n) is 5.89. The van der Waals surface area contributed by atoms with E-state index >= 15 is 0 Å². The molecule has 0 aromatic carbocycles. The first kappa shape index (κ1) is 46.5. The number of aliphatic hydroxyl groups is 1. The lowest BCUT2D eigenvalue weighted by Crippen LogP contribution is -2.61. The van der Waals surface area contributed by atoms with Crippen molar-refractivity contribution in [3.8, 4) is 0 Å². The highest BCUT2D eigenvalue weighted by molar-refractivity contribution is 5.99. The number of H-pyrrole nitrogens is 1. The van der Waals surface area contributed by atoms with Crippen molar-refractivity contribution < 1.29 is 58.5 Å². The van der Waals surface area contributed by atoms with Crippen LogP contribution in [0.4, 0.5) is 0 Å². The molecule has 0 aliphatic carbocycles. The normalized spacial score (nSPS) is 18.1. The number of hydrogen-bond acceptors (Lipinski definition) is 12. The number of carbonyl (C=O) groups is 9. The molecule has 13 N–H and O–H groups in total. The van der Waals surface area contributed by atoms with Gasteiger partial charge in [0, 0.05) is 24.9 Å². The molecule has 22 heteroatoms. The molecule has 7 amide bonds. The fourth-order valence-corrected chi connectivity index (χ4v) is 5.89. The number of carbonyl (C=O) groups excluding carboxylic acids is 7. The van der Waals surface area contributed by atoms with E-state index in [9.17, 15) is 58.5 Å². The zero-order valence-electron chi connectivity index (χ0n) is 31.8. The zero-order valence-corrected chi connectivity index (χ0v) is 31.8. The second-order valence-electron chi connectivity index (χ2n) is 13.8. The number of aromatic nitrogens is 2. The lowest BCUT2D eigenvalue weighted by atomic mass is 9.96. The molecule has 0 spiro atoms. The van der Waals surface area contributed by atoms with Gasteiger partial charge in [0.2, 0.25) is 41.4 Å². The molecule has 22 nitrogen and oxygen atoms in total. The van der Waals surface area contributed by atoms with Crippen LogP contribution in [0.25, 0.3) is 0 Å². The number of likely N-dealkylation sites (tertiary alicyclic amines) is 1. The molecule has 1 fully saturated rings. The van der Waals surface area contributed by atoms with E-state index in [1.165, 1.54) is 17.4 Å². The molecular formula is C34H54N10O12. The van der Waals surface area contributed by atoms with Crippen LogP contribution in [0.3, 0.4) is 0 Å². The van der Waals surface area contributed by atoms with E-state index in [2.05, 4.69) is 36.6 Å². The van der Waals surface area contributed by atoms with Gasteiger partial charge in [-0.15, -0.1) is 0 Å². The van der Waals surface area contributed by atoms with Gasteiger partial charge < -0.3 is 63.3 Å². The van der Waals surface area contributed by atoms with Crippen molar-refractivity contribution in [3.63, 3.8) is 0 Å². The molecule has 0 bridgehead atoms. The Labute approximate surface area is 322 Å². The van der Waals surface area contributed by atoms with Crippen LogP contribution in [-0.2, 0) is 49.6 Å². The summed E-state index contributed by atoms with van der Waals surface area (Å²) in [5, 5.41) is 40.7. The first-order valence-corrected chi connectivity index (χ1v) is 18.2. The van der Waals surface area contributed by atoms with Crippen LogP contribution in [0.1, 0.15) is 71.9 Å². The van der Waals surface area contributed by atoms with E-state index < -0.39 is 127 Å². The number of nitrogens with one attached hydrogen (secondary N) is 6. The van der Waals surface area contributed by atoms with E-state index in [0.717, 1.165) is 0 Å². The topological polar surface area (TPSA) is 358 Å². The lowest BCUT2D eigenvalue weighted by molar-refractivity contribution is -0.145. The molecule has 1 saturated heterocycles. The van der Waals surface area contributed by atoms with Crippen molar-refractivity contribution >= 4 is 53.3 Å². The van der Waals surface area contributed by atoms with Crippen LogP contribution in [0, 0.1) is 11.8 Å². The first-order valence-electron chi connectivity index (χ1n) is 18.2. The third-order valence-electron chi connectivity index (χ3n) is 9.59. The minimum atomic E-state index is -1.83. The fraction of sp³-hybridized carbons (Fsp3) is 0.647. The number of carboxylic acids is 2. The van der Waals surface area contributed by atoms with Gasteiger partial charge in [0.1, 0.15) is 36.3 Å². The highest BCUT2D eigenvalue weighted by Crippen LogP contribution is 2.22. The van der Waals surface area contributed by atoms with Gasteiger partial charge in [-0.1, -0.05) is 40.5 Å². The summed E-state index contributed by atoms with van der Waals surface area (Å²) >= 11 is 0. The molecule has 1 aliphatic rings. The van der Waals surface area contributed by atoms with Gasteiger partial charge in [-0.25, -0.2) is 9.78 Å². The summed E-state index contributed by atoms with van der Waals surface area (Å²) in [5.74, 6) is -10.6. The van der Waals surface area contributed by atoms with Gasteiger partial charge in [-0.2, -0.15) is 0 Å². The molecule has 56 heavy (non-hydrogen) atoms. The standard InChI is InChI=1S/C34H54N10O12/c1-5-16(3)26(42-31(52)22(14-45)41-28(49)19(35)10-18-13-37-15-38-18)33(54)44-9-7-8-23(44)32(53)40-21(12-25(47)48)29(50)39-20(11-24(36)46)30(51)43-27(34(55)56)17(4)6-2/h13,15-17,19-23,26-27,45H,5-12,14,35H2,1-4H3,(H2,36,46)(H,37,38)(H,39,50)(H,40,53)(H,41,49)(H,42,52)(H,43,51)(H,47,48)(H,55,56)/t16-,17-,19-,20-,21-,22-,23-,26-,27-/m0/s1. The first-order chi connectivity index (χ1) is 26.3. The average molecular weight is 795 g/mol. The third-order valence-corrected chi connectivity index (χ3v) is 9.59. The van der Waals surface area contributed by atoms with Crippen LogP contribution in [-0.4, -0.2) is 139 Å². The Balaban J connectivity index is 2.23. The van der Waals surface area contributed by atoms with Gasteiger partial charge in [-0.3, -0.25) is 38.4 Å². The predicted octanol–water partition coefficient (Wildman–Crippen LogP) is -3.79. The maximum Gasteiger partial charge on any atom is 0.326 e. The summed E-state index contributed by atoms with van der Waals surface area (Å²) in [6.07, 6.45) is 2.28. The molecule has 1 aliphatic heterocycles. The number of nitrogens with two attached hydrogens (primary N) is 2. The largest absolute Gasteiger partial charge is 0.481 e. The smallest absolute Gasteiger partial charge is 0.326 e. The van der Waals surface area contributed by atoms with Gasteiger partial charge >= 0.3 is 11.9 Å². The number of aromatic amines is 1. The van der Waals surface area contributed by atoms with Crippen molar-refractivity contribution in [1.82, 2.24) is 41.5 Å². The van der Waals surface area contributed by atoms with Crippen molar-refractivity contribution in [2.45, 2.75) is 115 Å². The molecular weight excluding hydrogens is 740 g/mol. The molecule has 0 saturated carbocycles. The van der Waals surface area contributed by atoms with Crippen molar-refractivity contribution in [1.29, 1.82) is 0 Å². The number of aliphatic carboxylic acids is 2. The van der Waals surface area contributed by atoms with E-state index in [1.807, 2.05) is 0 Å². The van der Waals surface area contributed by atoms with Crippen LogP contribution in [0.5, 0.6) is 0 Å². The Morgan fingerprint density at radius 1 is 0.839 bits per heavy atom. The summed E-state index contributed by atoms with van der Waals surface area (Å²) in [6.45, 7) is 5.86. The van der Waals surface area contributed by atoms with Crippen molar-refractivity contribution in [2.75, 3.05) is 13.2 Å². The summed E-state index contributed by atoms with van der Waals surface area (Å²) in [4.78, 5) is 123. The van der Waals surface area contributed by atoms with Crippen LogP contribution >= 0.6 is 0 Å². The van der Waals surface area contributed by atoms with E-state index in [-0.39, 0.29) is 19.4 Å². The summed E-state index contributed by atoms with van der Waals surface area (Å²) < 4.78 is 0. The van der Waals surface area contributed by atoms with E-state index in [1.54, 1.807) is 27.7 Å². The summed E-state index contributed by atoms with van der Waals surface area (Å²) in [6, 6.07) is -10.0. The zero-order chi connectivity index (χ0) is 42.3. The SMILES string of the molecule is CC[C@H](C)[C@H](NC(=O)[C@H](CC(N)=O)NC(=O)[C@H](CC(=O)O)NC(=O)[C@@H]1CCCN1C(=O)[C@@H](NC(=O)[C@H](CO)NC(=O)[C@@H](N)Cc1cnc[nH]1)[C@@H](C)CC)C(=O)O. The Hall–Kier alpha value is -5.64. The highest BCUT2D eigenvalue weighted by atomic mass is 16.4. The van der Waals surface area contributed by atoms with E-state index in [0.29, 0.717) is 25.0 Å². The Kier molecular flexibility index (Phi) is 18.3. The lowest BCUT2D eigenvalue weighted by Gasteiger charge is -2.32. The minimum absolute atomic E-state index is 0.0416. The molecule has 1 aromatic rings. The number of primary amides is 1. The molecule has 0 unspecified atom stereocenters. The number of hydrogen-bond donors (Lipinski definition) is 11.